The minimum Gasteiger partial charge on any atom is -0.308 e. The number of nitrogens with zero attached hydrogens (tertiary/aromatic N) is 4. The molecule has 0 aliphatic heterocycles. The van der Waals surface area contributed by atoms with Gasteiger partial charge in [0.05, 0.1) is 15.1 Å². The van der Waals surface area contributed by atoms with Crippen LogP contribution in [-0.2, 0) is 10.0 Å². The molecular weight excluding hydrogens is 504 g/mol. The van der Waals surface area contributed by atoms with Crippen LogP contribution in [0.15, 0.2) is 47.4 Å². The van der Waals surface area contributed by atoms with Crippen molar-refractivity contribution in [3.63, 3.8) is 0 Å². The number of thiazole rings is 1. The number of fused-ring (bicyclic) bond motifs is 1. The number of aromatic nitrogens is 1. The van der Waals surface area contributed by atoms with Gasteiger partial charge in [0, 0.05) is 36.8 Å². The number of halogens is 1. The van der Waals surface area contributed by atoms with Crippen LogP contribution in [0.3, 0.4) is 0 Å². The smallest absolute Gasteiger partial charge is 0.260 e. The number of carbonyl (C=O) groups excluding carboxylic acids is 1. The third-order valence-corrected chi connectivity index (χ3v) is 9.65. The second-order valence-electron chi connectivity index (χ2n) is 9.21. The average Bonchev–Trinajstić information content (AvgIpc) is 3.26. The average molecular weight is 535 g/mol. The van der Waals surface area contributed by atoms with E-state index in [9.17, 15) is 13.2 Å². The number of benzene rings is 2. The third-order valence-electron chi connectivity index (χ3n) is 6.45. The molecule has 1 amide bonds. The van der Waals surface area contributed by atoms with Crippen LogP contribution in [0, 0.1) is 0 Å². The van der Waals surface area contributed by atoms with Gasteiger partial charge in [-0.1, -0.05) is 42.2 Å². The molecule has 7 nitrogen and oxygen atoms in total. The SMILES string of the molecule is CN(C)CCN(C(=O)c1ccc(S(=O)(=O)N(C)C2CCCCC2)cc1)c1nc2ccc(Cl)cc2s1. The molecule has 0 radical (unpaired) electrons. The normalized spacial score (nSPS) is 15.3. The Morgan fingerprint density at radius 2 is 1.71 bits per heavy atom. The van der Waals surface area contributed by atoms with E-state index in [2.05, 4.69) is 4.98 Å². The molecule has 35 heavy (non-hydrogen) atoms. The van der Waals surface area contributed by atoms with Gasteiger partial charge < -0.3 is 4.90 Å². The van der Waals surface area contributed by atoms with Crippen LogP contribution in [-0.4, -0.2) is 68.8 Å². The van der Waals surface area contributed by atoms with Crippen molar-refractivity contribution < 1.29 is 13.2 Å². The number of rotatable bonds is 8. The number of anilines is 1. The van der Waals surface area contributed by atoms with Crippen LogP contribution in [0.5, 0.6) is 0 Å². The van der Waals surface area contributed by atoms with Crippen LogP contribution in [0.1, 0.15) is 42.5 Å². The summed E-state index contributed by atoms with van der Waals surface area (Å²) in [5.74, 6) is -0.221. The summed E-state index contributed by atoms with van der Waals surface area (Å²) in [6, 6.07) is 11.7. The molecule has 0 atom stereocenters. The van der Waals surface area contributed by atoms with Gasteiger partial charge >= 0.3 is 0 Å². The lowest BCUT2D eigenvalue weighted by Crippen LogP contribution is -2.38. The lowest BCUT2D eigenvalue weighted by molar-refractivity contribution is 0.0985. The van der Waals surface area contributed by atoms with Gasteiger partial charge in [-0.05, 0) is 69.4 Å². The highest BCUT2D eigenvalue weighted by Crippen LogP contribution is 2.32. The molecule has 1 aliphatic rings. The maximum Gasteiger partial charge on any atom is 0.260 e. The zero-order valence-electron chi connectivity index (χ0n) is 20.3. The number of hydrogen-bond donors (Lipinski definition) is 0. The number of sulfonamides is 1. The first-order valence-corrected chi connectivity index (χ1v) is 14.4. The maximum absolute atomic E-state index is 13.5. The quantitative estimate of drug-likeness (QED) is 0.401. The Morgan fingerprint density at radius 1 is 1.03 bits per heavy atom. The highest BCUT2D eigenvalue weighted by Gasteiger charge is 2.29. The van der Waals surface area contributed by atoms with E-state index in [0.29, 0.717) is 28.8 Å². The van der Waals surface area contributed by atoms with Gasteiger partial charge in [0.1, 0.15) is 0 Å². The molecular formula is C25H31ClN4O3S2. The van der Waals surface area contributed by atoms with Gasteiger partial charge in [0.25, 0.3) is 5.91 Å². The summed E-state index contributed by atoms with van der Waals surface area (Å²) >= 11 is 7.54. The summed E-state index contributed by atoms with van der Waals surface area (Å²) in [5, 5.41) is 1.21. The van der Waals surface area contributed by atoms with Gasteiger partial charge in [-0.3, -0.25) is 9.69 Å². The third kappa shape index (κ3) is 5.86. The zero-order valence-corrected chi connectivity index (χ0v) is 22.7. The van der Waals surface area contributed by atoms with Crippen LogP contribution in [0.25, 0.3) is 10.2 Å². The number of likely N-dealkylation sites (N-methyl/N-ethyl adjacent to an activating group) is 1. The molecule has 0 unspecified atom stereocenters. The van der Waals surface area contributed by atoms with E-state index in [0.717, 1.165) is 42.3 Å². The second-order valence-corrected chi connectivity index (χ2v) is 12.6. The van der Waals surface area contributed by atoms with E-state index in [1.165, 1.54) is 27.8 Å². The second kappa shape index (κ2) is 10.9. The molecule has 1 saturated carbocycles. The minimum absolute atomic E-state index is 0.0316. The van der Waals surface area contributed by atoms with Gasteiger partial charge in [0.15, 0.2) is 5.13 Å². The standard InChI is InChI=1S/C25H31ClN4O3S2/c1-28(2)15-16-30(25-27-22-14-11-19(26)17-23(22)34-25)24(31)18-9-12-21(13-10-18)35(32,33)29(3)20-7-5-4-6-8-20/h9-14,17,20H,4-8,15-16H2,1-3H3. The topological polar surface area (TPSA) is 73.8 Å². The van der Waals surface area contributed by atoms with Gasteiger partial charge in [-0.15, -0.1) is 0 Å². The fourth-order valence-electron chi connectivity index (χ4n) is 4.32. The number of hydrogen-bond acceptors (Lipinski definition) is 6. The first-order valence-electron chi connectivity index (χ1n) is 11.8. The molecule has 3 aromatic rings. The minimum atomic E-state index is -3.62. The Kier molecular flexibility index (Phi) is 8.12. The van der Waals surface area contributed by atoms with Gasteiger partial charge in [0.2, 0.25) is 10.0 Å². The Morgan fingerprint density at radius 3 is 2.37 bits per heavy atom. The Hall–Kier alpha value is -2.04. The molecule has 1 aliphatic carbocycles. The first-order chi connectivity index (χ1) is 16.7. The first kappa shape index (κ1) is 26.0. The number of amides is 1. The highest BCUT2D eigenvalue weighted by molar-refractivity contribution is 7.89. The van der Waals surface area contributed by atoms with Gasteiger partial charge in [-0.2, -0.15) is 4.31 Å². The highest BCUT2D eigenvalue weighted by atomic mass is 35.5. The number of carbonyl (C=O) groups is 1. The van der Waals surface area contributed by atoms with Crippen LogP contribution < -0.4 is 4.90 Å². The summed E-state index contributed by atoms with van der Waals surface area (Å²) < 4.78 is 28.8. The lowest BCUT2D eigenvalue weighted by atomic mass is 9.96. The summed E-state index contributed by atoms with van der Waals surface area (Å²) in [4.78, 5) is 22.0. The molecule has 1 aromatic heterocycles. The van der Waals surface area contributed by atoms with Crippen molar-refractivity contribution in [2.45, 2.75) is 43.0 Å². The lowest BCUT2D eigenvalue weighted by Gasteiger charge is -2.30. The Balaban J connectivity index is 1.59. The molecule has 1 heterocycles. The molecule has 0 spiro atoms. The fourth-order valence-corrected chi connectivity index (χ4v) is 7.00. The van der Waals surface area contributed by atoms with E-state index >= 15 is 0 Å². The summed E-state index contributed by atoms with van der Waals surface area (Å²) in [6.45, 7) is 1.10. The predicted molar refractivity (Wildman–Crippen MR) is 143 cm³/mol. The van der Waals surface area contributed by atoms with E-state index < -0.39 is 10.0 Å². The van der Waals surface area contributed by atoms with Gasteiger partial charge in [-0.25, -0.2) is 13.4 Å². The molecule has 2 aromatic carbocycles. The van der Waals surface area contributed by atoms with E-state index in [4.69, 9.17) is 11.6 Å². The Labute approximate surface area is 216 Å². The molecule has 0 saturated heterocycles. The molecule has 10 heteroatoms. The summed E-state index contributed by atoms with van der Waals surface area (Å²) in [7, 11) is 1.94. The zero-order chi connectivity index (χ0) is 25.2. The van der Waals surface area contributed by atoms with E-state index in [-0.39, 0.29) is 16.8 Å². The predicted octanol–water partition coefficient (Wildman–Crippen LogP) is 5.11. The van der Waals surface area contributed by atoms with E-state index in [1.807, 2.05) is 31.1 Å². The molecule has 188 valence electrons. The molecule has 0 N–H and O–H groups in total. The van der Waals surface area contributed by atoms with E-state index in [1.54, 1.807) is 30.1 Å². The van der Waals surface area contributed by atoms with Crippen LogP contribution >= 0.6 is 22.9 Å². The molecule has 0 bridgehead atoms. The van der Waals surface area contributed by atoms with Crippen molar-refractivity contribution in [1.82, 2.24) is 14.2 Å². The molecule has 4 rings (SSSR count). The maximum atomic E-state index is 13.5. The van der Waals surface area contributed by atoms with Crippen molar-refractivity contribution in [3.8, 4) is 0 Å². The van der Waals surface area contributed by atoms with Crippen LogP contribution in [0.4, 0.5) is 5.13 Å². The Bertz CT molecular complexity index is 1290. The van der Waals surface area contributed by atoms with Crippen molar-refractivity contribution in [2.75, 3.05) is 39.1 Å². The summed E-state index contributed by atoms with van der Waals surface area (Å²) in [6.07, 6.45) is 5.05. The van der Waals surface area contributed by atoms with Crippen LogP contribution in [0.2, 0.25) is 5.02 Å². The van der Waals surface area contributed by atoms with Crippen molar-refractivity contribution >= 4 is 54.2 Å². The fraction of sp³-hybridized carbons (Fsp3) is 0.440. The largest absolute Gasteiger partial charge is 0.308 e. The molecule has 1 fully saturated rings. The van der Waals surface area contributed by atoms with Crippen molar-refractivity contribution in [1.29, 1.82) is 0 Å². The summed E-state index contributed by atoms with van der Waals surface area (Å²) in [5.41, 5.74) is 1.20. The monoisotopic (exact) mass is 534 g/mol. The van der Waals surface area contributed by atoms with Crippen molar-refractivity contribution in [3.05, 3.63) is 53.1 Å². The van der Waals surface area contributed by atoms with Crippen molar-refractivity contribution in [2.24, 2.45) is 0 Å².